The van der Waals surface area contributed by atoms with Gasteiger partial charge in [0, 0.05) is 16.8 Å². The van der Waals surface area contributed by atoms with Gasteiger partial charge in [0.05, 0.1) is 35.4 Å². The highest BCUT2D eigenvalue weighted by Crippen LogP contribution is 2.40. The zero-order valence-corrected chi connectivity index (χ0v) is 18.7. The molecule has 0 aliphatic carbocycles. The lowest BCUT2D eigenvalue weighted by Crippen LogP contribution is -2.38. The minimum Gasteiger partial charge on any atom is -0.307 e. The molecular weight excluding hydrogens is 368 g/mol. The number of pyridine rings is 2. The van der Waals surface area contributed by atoms with Crippen LogP contribution >= 0.6 is 0 Å². The van der Waals surface area contributed by atoms with E-state index >= 15 is 0 Å². The molecule has 0 unspecified atom stereocenters. The summed E-state index contributed by atoms with van der Waals surface area (Å²) < 4.78 is 4.84. The molecule has 6 rings (SSSR count). The summed E-state index contributed by atoms with van der Waals surface area (Å²) >= 11 is 0. The average Bonchev–Trinajstić information content (AvgIpc) is 3.02. The second kappa shape index (κ2) is 5.36. The van der Waals surface area contributed by atoms with E-state index in [0.29, 0.717) is 0 Å². The maximum absolute atomic E-state index is 2.53. The Morgan fingerprint density at radius 1 is 0.828 bits per heavy atom. The molecule has 0 amide bonds. The lowest BCUT2D eigenvalue weighted by molar-refractivity contribution is -0.643. The van der Waals surface area contributed by atoms with Crippen molar-refractivity contribution in [2.75, 3.05) is 0 Å². The third-order valence-electron chi connectivity index (χ3n) is 6.60. The second-order valence-electron chi connectivity index (χ2n) is 9.49. The van der Waals surface area contributed by atoms with E-state index in [9.17, 15) is 0 Å². The van der Waals surface area contributed by atoms with Gasteiger partial charge in [-0.1, -0.05) is 61.2 Å². The Balaban J connectivity index is 2.08. The fraction of sp³-hybridized carbons (Fsp3) is 0.192. The Bertz CT molecular complexity index is 1600. The van der Waals surface area contributed by atoms with Crippen molar-refractivity contribution in [2.24, 2.45) is 7.05 Å². The molecule has 0 aliphatic rings. The van der Waals surface area contributed by atoms with Crippen molar-refractivity contribution in [3.05, 3.63) is 66.4 Å². The number of rotatable bonds is 1. The molecule has 3 heteroatoms. The SMILES string of the molecule is Cc1ccc2c3ccccc3n3c4cc([Si](C)(C)C)cc5cc[n+](C)c(c1c23)c54. The van der Waals surface area contributed by atoms with E-state index in [1.54, 1.807) is 0 Å². The Morgan fingerprint density at radius 2 is 1.62 bits per heavy atom. The molecule has 0 aliphatic heterocycles. The summed E-state index contributed by atoms with van der Waals surface area (Å²) in [7, 11) is 0.724. The fourth-order valence-corrected chi connectivity index (χ4v) is 6.26. The first-order chi connectivity index (χ1) is 13.9. The van der Waals surface area contributed by atoms with Gasteiger partial charge in [-0.25, -0.2) is 4.57 Å². The van der Waals surface area contributed by atoms with Crippen LogP contribution in [-0.2, 0) is 7.05 Å². The van der Waals surface area contributed by atoms with Crippen molar-refractivity contribution in [2.45, 2.75) is 26.6 Å². The van der Waals surface area contributed by atoms with Crippen LogP contribution in [0.1, 0.15) is 5.56 Å². The van der Waals surface area contributed by atoms with Gasteiger partial charge in [-0.15, -0.1) is 0 Å². The molecule has 2 nitrogen and oxygen atoms in total. The standard InChI is InChI=1S/C26H25N2Si/c1-16-10-11-20-19-8-6-7-9-21(19)28-22-15-18(29(3,4)5)14-17-12-13-27(2)26(24(17)22)23(16)25(20)28/h6-15H,1-5H3/q+1. The molecule has 0 atom stereocenters. The largest absolute Gasteiger partial charge is 0.307 e. The van der Waals surface area contributed by atoms with Crippen LogP contribution in [-0.4, -0.2) is 12.5 Å². The van der Waals surface area contributed by atoms with Crippen LogP contribution in [0.2, 0.25) is 19.6 Å². The van der Waals surface area contributed by atoms with Crippen molar-refractivity contribution >= 4 is 62.3 Å². The molecule has 142 valence electrons. The molecule has 29 heavy (non-hydrogen) atoms. The summed E-state index contributed by atoms with van der Waals surface area (Å²) in [4.78, 5) is 0. The number of aromatic nitrogens is 2. The minimum absolute atomic E-state index is 1.31. The third-order valence-corrected chi connectivity index (χ3v) is 8.62. The zero-order valence-electron chi connectivity index (χ0n) is 17.7. The van der Waals surface area contributed by atoms with E-state index in [2.05, 4.69) is 103 Å². The zero-order chi connectivity index (χ0) is 20.1. The fourth-order valence-electron chi connectivity index (χ4n) is 5.10. The molecule has 6 aromatic rings. The van der Waals surface area contributed by atoms with Crippen molar-refractivity contribution in [1.29, 1.82) is 0 Å². The molecule has 0 fully saturated rings. The highest BCUT2D eigenvalue weighted by atomic mass is 28.3. The van der Waals surface area contributed by atoms with E-state index in [0.717, 1.165) is 0 Å². The van der Waals surface area contributed by atoms with Crippen LogP contribution in [0.15, 0.2) is 60.8 Å². The molecule has 0 radical (unpaired) electrons. The lowest BCUT2D eigenvalue weighted by atomic mass is 10.00. The predicted molar refractivity (Wildman–Crippen MR) is 128 cm³/mol. The second-order valence-corrected chi connectivity index (χ2v) is 14.6. The molecule has 0 spiro atoms. The summed E-state index contributed by atoms with van der Waals surface area (Å²) in [5, 5.41) is 8.31. The van der Waals surface area contributed by atoms with E-state index < -0.39 is 8.07 Å². The van der Waals surface area contributed by atoms with Crippen molar-refractivity contribution < 1.29 is 4.57 Å². The number of para-hydroxylation sites is 1. The summed E-state index contributed by atoms with van der Waals surface area (Å²) in [5.41, 5.74) is 6.69. The first kappa shape index (κ1) is 17.0. The molecule has 0 saturated carbocycles. The third kappa shape index (κ3) is 2.08. The van der Waals surface area contributed by atoms with Gasteiger partial charge in [0.2, 0.25) is 5.52 Å². The van der Waals surface area contributed by atoms with E-state index in [4.69, 9.17) is 0 Å². The number of hydrogen-bond donors (Lipinski definition) is 0. The highest BCUT2D eigenvalue weighted by molar-refractivity contribution is 6.89. The number of aryl methyl sites for hydroxylation is 2. The number of benzene rings is 3. The Kier molecular flexibility index (Phi) is 3.14. The molecule has 3 heterocycles. The predicted octanol–water partition coefficient (Wildman–Crippen LogP) is 5.67. The Hall–Kier alpha value is -2.91. The Labute approximate surface area is 171 Å². The van der Waals surface area contributed by atoms with Gasteiger partial charge >= 0.3 is 0 Å². The lowest BCUT2D eigenvalue weighted by Gasteiger charge is -2.20. The van der Waals surface area contributed by atoms with Gasteiger partial charge in [0.1, 0.15) is 7.05 Å². The van der Waals surface area contributed by atoms with Crippen molar-refractivity contribution in [3.63, 3.8) is 0 Å². The summed E-state index contributed by atoms with van der Waals surface area (Å²) in [6.45, 7) is 9.57. The van der Waals surface area contributed by atoms with Crippen LogP contribution in [0.5, 0.6) is 0 Å². The monoisotopic (exact) mass is 393 g/mol. The quantitative estimate of drug-likeness (QED) is 0.147. The summed E-state index contributed by atoms with van der Waals surface area (Å²) in [6.07, 6.45) is 2.23. The van der Waals surface area contributed by atoms with Gasteiger partial charge in [-0.2, -0.15) is 0 Å². The number of hydrogen-bond acceptors (Lipinski definition) is 0. The van der Waals surface area contributed by atoms with Gasteiger partial charge in [-0.05, 0) is 30.0 Å². The molecular formula is C26H25N2Si+. The first-order valence-electron chi connectivity index (χ1n) is 10.4. The minimum atomic E-state index is -1.46. The molecule has 0 N–H and O–H groups in total. The topological polar surface area (TPSA) is 8.29 Å². The van der Waals surface area contributed by atoms with Crippen LogP contribution in [0.3, 0.4) is 0 Å². The summed E-state index contributed by atoms with van der Waals surface area (Å²) in [6, 6.07) is 20.7. The Morgan fingerprint density at radius 3 is 2.41 bits per heavy atom. The first-order valence-corrected chi connectivity index (χ1v) is 13.9. The molecule has 0 saturated heterocycles. The molecule has 0 bridgehead atoms. The van der Waals surface area contributed by atoms with Gasteiger partial charge in [0.25, 0.3) is 0 Å². The van der Waals surface area contributed by atoms with E-state index in [1.807, 2.05) is 0 Å². The maximum atomic E-state index is 2.53. The number of nitrogens with zero attached hydrogens (tertiary/aromatic N) is 2. The van der Waals surface area contributed by atoms with Gasteiger partial charge < -0.3 is 4.40 Å². The van der Waals surface area contributed by atoms with Crippen LogP contribution in [0, 0.1) is 6.92 Å². The molecule has 3 aromatic heterocycles. The van der Waals surface area contributed by atoms with Crippen LogP contribution in [0.4, 0.5) is 0 Å². The van der Waals surface area contributed by atoms with Crippen molar-refractivity contribution in [1.82, 2.24) is 4.40 Å². The van der Waals surface area contributed by atoms with Crippen LogP contribution in [0.25, 0.3) is 49.0 Å². The van der Waals surface area contributed by atoms with E-state index in [1.165, 1.54) is 59.7 Å². The average molecular weight is 394 g/mol. The normalized spacial score (nSPS) is 13.0. The summed E-state index contributed by atoms with van der Waals surface area (Å²) in [5.74, 6) is 0. The van der Waals surface area contributed by atoms with E-state index in [-0.39, 0.29) is 0 Å². The van der Waals surface area contributed by atoms with Gasteiger partial charge in [0.15, 0.2) is 6.20 Å². The smallest absolute Gasteiger partial charge is 0.224 e. The molecule has 3 aromatic carbocycles. The maximum Gasteiger partial charge on any atom is 0.224 e. The van der Waals surface area contributed by atoms with Crippen molar-refractivity contribution in [3.8, 4) is 0 Å². The highest BCUT2D eigenvalue weighted by Gasteiger charge is 2.26. The van der Waals surface area contributed by atoms with Gasteiger partial charge in [-0.3, -0.25) is 0 Å². The number of fused-ring (bicyclic) bond motifs is 5. The van der Waals surface area contributed by atoms with Crippen LogP contribution < -0.4 is 9.75 Å².